The van der Waals surface area contributed by atoms with Crippen molar-refractivity contribution in [3.8, 4) is 0 Å². The standard InChI is InChI=1S/C17H24N2O5S2/c1-25-12-9-15(17(21)22)18-16(20)13-7-10-19(11-8-13)26(23,24)14-5-3-2-4-6-14/h2-6,13,15H,7-12H2,1H3,(H,18,20)(H,21,22). The van der Waals surface area contributed by atoms with Crippen LogP contribution >= 0.6 is 11.8 Å². The van der Waals surface area contributed by atoms with E-state index < -0.39 is 22.0 Å². The van der Waals surface area contributed by atoms with Crippen molar-refractivity contribution < 1.29 is 23.1 Å². The molecule has 2 N–H and O–H groups in total. The largest absolute Gasteiger partial charge is 0.480 e. The first kappa shape index (κ1) is 20.7. The SMILES string of the molecule is CSCCC(NC(=O)C1CCN(S(=O)(=O)c2ccccc2)CC1)C(=O)O. The van der Waals surface area contributed by atoms with Gasteiger partial charge in [-0.25, -0.2) is 13.2 Å². The molecule has 1 aromatic carbocycles. The van der Waals surface area contributed by atoms with E-state index in [-0.39, 0.29) is 29.8 Å². The summed E-state index contributed by atoms with van der Waals surface area (Å²) in [4.78, 5) is 23.8. The predicted octanol–water partition coefficient (Wildman–Crippen LogP) is 1.41. The van der Waals surface area contributed by atoms with Gasteiger partial charge in [0.05, 0.1) is 4.90 Å². The Balaban J connectivity index is 1.93. The van der Waals surface area contributed by atoms with Gasteiger partial charge in [-0.2, -0.15) is 16.1 Å². The minimum atomic E-state index is -3.55. The third-order valence-corrected chi connectivity index (χ3v) is 6.99. The number of thioether (sulfide) groups is 1. The maximum Gasteiger partial charge on any atom is 0.326 e. The molecule has 1 aromatic rings. The highest BCUT2D eigenvalue weighted by molar-refractivity contribution is 7.98. The summed E-state index contributed by atoms with van der Waals surface area (Å²) in [5, 5.41) is 11.8. The van der Waals surface area contributed by atoms with Crippen LogP contribution in [0.1, 0.15) is 19.3 Å². The quantitative estimate of drug-likeness (QED) is 0.684. The van der Waals surface area contributed by atoms with Crippen LogP contribution in [0.15, 0.2) is 35.2 Å². The fourth-order valence-electron chi connectivity index (χ4n) is 2.88. The molecule has 1 aliphatic heterocycles. The second-order valence-corrected chi connectivity index (χ2v) is 9.10. The number of carboxylic acids is 1. The summed E-state index contributed by atoms with van der Waals surface area (Å²) in [6, 6.07) is 7.31. The van der Waals surface area contributed by atoms with Crippen LogP contribution in [0.5, 0.6) is 0 Å². The molecular weight excluding hydrogens is 376 g/mol. The van der Waals surface area contributed by atoms with Crippen molar-refractivity contribution in [2.45, 2.75) is 30.2 Å². The number of rotatable bonds is 8. The highest BCUT2D eigenvalue weighted by Crippen LogP contribution is 2.24. The molecule has 2 rings (SSSR count). The monoisotopic (exact) mass is 400 g/mol. The predicted molar refractivity (Wildman–Crippen MR) is 100 cm³/mol. The van der Waals surface area contributed by atoms with Gasteiger partial charge in [0.1, 0.15) is 6.04 Å². The average Bonchev–Trinajstić information content (AvgIpc) is 2.65. The number of amides is 1. The molecular formula is C17H24N2O5S2. The van der Waals surface area contributed by atoms with E-state index in [2.05, 4.69) is 5.32 Å². The van der Waals surface area contributed by atoms with Crippen molar-refractivity contribution in [1.29, 1.82) is 0 Å². The van der Waals surface area contributed by atoms with Gasteiger partial charge in [0.15, 0.2) is 0 Å². The molecule has 1 atom stereocenters. The lowest BCUT2D eigenvalue weighted by molar-refractivity contribution is -0.142. The number of carboxylic acid groups (broad SMARTS) is 1. The molecule has 1 amide bonds. The third-order valence-electron chi connectivity index (χ3n) is 4.43. The first-order chi connectivity index (χ1) is 12.4. The lowest BCUT2D eigenvalue weighted by Crippen LogP contribution is -2.47. The number of aliphatic carboxylic acids is 1. The molecule has 1 aliphatic rings. The van der Waals surface area contributed by atoms with Crippen LogP contribution < -0.4 is 5.32 Å². The molecule has 144 valence electrons. The summed E-state index contributed by atoms with van der Waals surface area (Å²) in [6.45, 7) is 0.496. The Morgan fingerprint density at radius 1 is 1.27 bits per heavy atom. The summed E-state index contributed by atoms with van der Waals surface area (Å²) in [5.74, 6) is -1.08. The van der Waals surface area contributed by atoms with Crippen molar-refractivity contribution >= 4 is 33.7 Å². The van der Waals surface area contributed by atoms with Crippen LogP contribution in [0, 0.1) is 5.92 Å². The van der Waals surface area contributed by atoms with E-state index in [4.69, 9.17) is 0 Å². The molecule has 7 nitrogen and oxygen atoms in total. The number of nitrogens with zero attached hydrogens (tertiary/aromatic N) is 1. The highest BCUT2D eigenvalue weighted by atomic mass is 32.2. The van der Waals surface area contributed by atoms with Gasteiger partial charge >= 0.3 is 5.97 Å². The molecule has 1 saturated heterocycles. The molecule has 9 heteroatoms. The molecule has 0 aliphatic carbocycles. The lowest BCUT2D eigenvalue weighted by atomic mass is 9.96. The summed E-state index contributed by atoms with van der Waals surface area (Å²) in [5.41, 5.74) is 0. The number of hydrogen-bond donors (Lipinski definition) is 2. The van der Waals surface area contributed by atoms with E-state index in [1.165, 1.54) is 16.1 Å². The number of benzene rings is 1. The van der Waals surface area contributed by atoms with E-state index in [0.717, 1.165) is 0 Å². The van der Waals surface area contributed by atoms with Crippen LogP contribution in [-0.2, 0) is 19.6 Å². The molecule has 0 radical (unpaired) electrons. The van der Waals surface area contributed by atoms with Crippen molar-refractivity contribution in [1.82, 2.24) is 9.62 Å². The van der Waals surface area contributed by atoms with Crippen LogP contribution in [0.4, 0.5) is 0 Å². The fourth-order valence-corrected chi connectivity index (χ4v) is 4.84. The first-order valence-electron chi connectivity index (χ1n) is 8.43. The number of hydrogen-bond acceptors (Lipinski definition) is 5. The zero-order valence-electron chi connectivity index (χ0n) is 14.6. The van der Waals surface area contributed by atoms with Gasteiger partial charge < -0.3 is 10.4 Å². The number of sulfonamides is 1. The topological polar surface area (TPSA) is 104 Å². The molecule has 26 heavy (non-hydrogen) atoms. The summed E-state index contributed by atoms with van der Waals surface area (Å²) >= 11 is 1.52. The molecule has 0 aromatic heterocycles. The van der Waals surface area contributed by atoms with E-state index in [1.807, 2.05) is 6.26 Å². The second kappa shape index (κ2) is 9.38. The van der Waals surface area contributed by atoms with Crippen LogP contribution in [0.3, 0.4) is 0 Å². The van der Waals surface area contributed by atoms with E-state index in [9.17, 15) is 23.1 Å². The third kappa shape index (κ3) is 5.21. The Hall–Kier alpha value is -1.58. The lowest BCUT2D eigenvalue weighted by Gasteiger charge is -2.31. The summed E-state index contributed by atoms with van der Waals surface area (Å²) in [7, 11) is -3.55. The van der Waals surface area contributed by atoms with Crippen molar-refractivity contribution in [3.05, 3.63) is 30.3 Å². The van der Waals surface area contributed by atoms with Crippen molar-refractivity contribution in [3.63, 3.8) is 0 Å². The van der Waals surface area contributed by atoms with Gasteiger partial charge in [0.25, 0.3) is 0 Å². The number of nitrogens with one attached hydrogen (secondary N) is 1. The van der Waals surface area contributed by atoms with Crippen molar-refractivity contribution in [2.24, 2.45) is 5.92 Å². The van der Waals surface area contributed by atoms with Gasteiger partial charge in [-0.05, 0) is 43.4 Å². The number of carbonyl (C=O) groups is 2. The molecule has 0 bridgehead atoms. The fraction of sp³-hybridized carbons (Fsp3) is 0.529. The van der Waals surface area contributed by atoms with Gasteiger partial charge in [0.2, 0.25) is 15.9 Å². The van der Waals surface area contributed by atoms with E-state index in [0.29, 0.717) is 25.0 Å². The van der Waals surface area contributed by atoms with E-state index in [1.54, 1.807) is 30.3 Å². The maximum absolute atomic E-state index is 12.6. The zero-order chi connectivity index (χ0) is 19.2. The Labute approximate surface area is 158 Å². The number of piperidine rings is 1. The normalized spacial score (nSPS) is 17.6. The van der Waals surface area contributed by atoms with E-state index >= 15 is 0 Å². The van der Waals surface area contributed by atoms with Crippen LogP contribution in [0.25, 0.3) is 0 Å². The smallest absolute Gasteiger partial charge is 0.326 e. The Morgan fingerprint density at radius 2 is 1.88 bits per heavy atom. The first-order valence-corrected chi connectivity index (χ1v) is 11.3. The highest BCUT2D eigenvalue weighted by Gasteiger charge is 2.33. The van der Waals surface area contributed by atoms with Gasteiger partial charge in [-0.15, -0.1) is 0 Å². The van der Waals surface area contributed by atoms with Crippen LogP contribution in [-0.4, -0.2) is 60.8 Å². The Bertz CT molecular complexity index is 716. The van der Waals surface area contributed by atoms with Gasteiger partial charge in [0, 0.05) is 19.0 Å². The zero-order valence-corrected chi connectivity index (χ0v) is 16.3. The summed E-state index contributed by atoms with van der Waals surface area (Å²) < 4.78 is 26.6. The molecule has 0 spiro atoms. The minimum absolute atomic E-state index is 0.242. The maximum atomic E-state index is 12.6. The van der Waals surface area contributed by atoms with Crippen LogP contribution in [0.2, 0.25) is 0 Å². The second-order valence-electron chi connectivity index (χ2n) is 6.17. The molecule has 1 heterocycles. The molecule has 0 saturated carbocycles. The average molecular weight is 401 g/mol. The minimum Gasteiger partial charge on any atom is -0.480 e. The Morgan fingerprint density at radius 3 is 2.42 bits per heavy atom. The Kier molecular flexibility index (Phi) is 7.48. The molecule has 1 fully saturated rings. The number of carbonyl (C=O) groups excluding carboxylic acids is 1. The molecule has 1 unspecified atom stereocenters. The van der Waals surface area contributed by atoms with Gasteiger partial charge in [-0.1, -0.05) is 18.2 Å². The van der Waals surface area contributed by atoms with Crippen molar-refractivity contribution in [2.75, 3.05) is 25.1 Å². The summed E-state index contributed by atoms with van der Waals surface area (Å²) in [6.07, 6.45) is 3.01. The van der Waals surface area contributed by atoms with Gasteiger partial charge in [-0.3, -0.25) is 4.79 Å².